The van der Waals surface area contributed by atoms with E-state index in [2.05, 4.69) is 14.6 Å². The van der Waals surface area contributed by atoms with Gasteiger partial charge in [0.05, 0.1) is 11.4 Å². The lowest BCUT2D eigenvalue weighted by atomic mass is 10.1. The Morgan fingerprint density at radius 2 is 1.86 bits per heavy atom. The van der Waals surface area contributed by atoms with Crippen molar-refractivity contribution >= 4 is 16.0 Å². The van der Waals surface area contributed by atoms with Gasteiger partial charge in [0.25, 0.3) is 0 Å². The monoisotopic (exact) mass is 324 g/mol. The first-order chi connectivity index (χ1) is 10.5. The highest BCUT2D eigenvalue weighted by atomic mass is 32.2. The van der Waals surface area contributed by atoms with Crippen LogP contribution in [-0.4, -0.2) is 38.9 Å². The molecular formula is C15H24N4O2S. The average molecular weight is 324 g/mol. The molecule has 3 N–H and O–H groups in total. The number of benzene rings is 1. The molecule has 1 aromatic rings. The van der Waals surface area contributed by atoms with E-state index in [4.69, 9.17) is 5.73 Å². The summed E-state index contributed by atoms with van der Waals surface area (Å²) < 4.78 is 26.2. The van der Waals surface area contributed by atoms with E-state index >= 15 is 0 Å². The molecule has 22 heavy (non-hydrogen) atoms. The number of likely N-dealkylation sites (tertiary alicyclic amines) is 1. The van der Waals surface area contributed by atoms with Gasteiger partial charge < -0.3 is 10.6 Å². The number of aliphatic imine (C=N–C) groups is 1. The van der Waals surface area contributed by atoms with E-state index < -0.39 is 10.0 Å². The summed E-state index contributed by atoms with van der Waals surface area (Å²) in [5.74, 6) is 0.573. The number of guanidine groups is 1. The van der Waals surface area contributed by atoms with Gasteiger partial charge in [0.1, 0.15) is 0 Å². The highest BCUT2D eigenvalue weighted by Gasteiger charge is 2.13. The first kappa shape index (κ1) is 16.8. The van der Waals surface area contributed by atoms with Gasteiger partial charge in [-0.2, -0.15) is 0 Å². The lowest BCUT2D eigenvalue weighted by Crippen LogP contribution is -2.40. The van der Waals surface area contributed by atoms with Gasteiger partial charge >= 0.3 is 0 Å². The van der Waals surface area contributed by atoms with Crippen LogP contribution < -0.4 is 10.5 Å². The molecule has 1 aliphatic heterocycles. The zero-order valence-corrected chi connectivity index (χ0v) is 13.8. The SMILES string of the molecule is CCNS(=O)(=O)c1ccc(CN=C(N)N2CCCCC2)cc1. The fourth-order valence-electron chi connectivity index (χ4n) is 2.44. The molecule has 0 spiro atoms. The third-order valence-corrected chi connectivity index (χ3v) is 5.23. The summed E-state index contributed by atoms with van der Waals surface area (Å²) in [5.41, 5.74) is 6.95. The Morgan fingerprint density at radius 1 is 1.23 bits per heavy atom. The summed E-state index contributed by atoms with van der Waals surface area (Å²) in [7, 11) is -3.39. The molecule has 2 rings (SSSR count). The minimum Gasteiger partial charge on any atom is -0.370 e. The second kappa shape index (κ2) is 7.60. The summed E-state index contributed by atoms with van der Waals surface area (Å²) in [6, 6.07) is 6.74. The van der Waals surface area contributed by atoms with Crippen LogP contribution in [0, 0.1) is 0 Å². The number of nitrogens with two attached hydrogens (primary N) is 1. The number of sulfonamides is 1. The van der Waals surface area contributed by atoms with Crippen molar-refractivity contribution in [3.8, 4) is 0 Å². The third kappa shape index (κ3) is 4.45. The van der Waals surface area contributed by atoms with Crippen LogP contribution in [-0.2, 0) is 16.6 Å². The summed E-state index contributed by atoms with van der Waals surface area (Å²) in [4.78, 5) is 6.78. The maximum atomic E-state index is 11.9. The Labute approximate surface area is 132 Å². The van der Waals surface area contributed by atoms with E-state index in [-0.39, 0.29) is 4.90 Å². The average Bonchev–Trinajstić information content (AvgIpc) is 2.54. The van der Waals surface area contributed by atoms with Gasteiger partial charge in [-0.1, -0.05) is 19.1 Å². The summed E-state index contributed by atoms with van der Waals surface area (Å²) in [6.07, 6.45) is 3.58. The van der Waals surface area contributed by atoms with Crippen LogP contribution in [0.3, 0.4) is 0 Å². The molecule has 1 heterocycles. The zero-order chi connectivity index (χ0) is 16.0. The van der Waals surface area contributed by atoms with Crippen LogP contribution in [0.5, 0.6) is 0 Å². The predicted molar refractivity (Wildman–Crippen MR) is 88.1 cm³/mol. The Kier molecular flexibility index (Phi) is 5.79. The van der Waals surface area contributed by atoms with Crippen molar-refractivity contribution in [3.63, 3.8) is 0 Å². The molecule has 1 fully saturated rings. The van der Waals surface area contributed by atoms with E-state index in [1.54, 1.807) is 31.2 Å². The number of piperidine rings is 1. The predicted octanol–water partition coefficient (Wildman–Crippen LogP) is 1.29. The van der Waals surface area contributed by atoms with E-state index in [9.17, 15) is 8.42 Å². The smallest absolute Gasteiger partial charge is 0.240 e. The van der Waals surface area contributed by atoms with Gasteiger partial charge in [-0.05, 0) is 37.0 Å². The third-order valence-electron chi connectivity index (χ3n) is 3.67. The van der Waals surface area contributed by atoms with Crippen molar-refractivity contribution in [1.29, 1.82) is 0 Å². The first-order valence-corrected chi connectivity index (χ1v) is 9.14. The number of hydrogen-bond acceptors (Lipinski definition) is 3. The van der Waals surface area contributed by atoms with Crippen molar-refractivity contribution in [2.75, 3.05) is 19.6 Å². The van der Waals surface area contributed by atoms with Crippen molar-refractivity contribution in [1.82, 2.24) is 9.62 Å². The van der Waals surface area contributed by atoms with E-state index in [0.717, 1.165) is 31.5 Å². The molecule has 0 bridgehead atoms. The Hall–Kier alpha value is -1.60. The standard InChI is InChI=1S/C15H24N4O2S/c1-2-18-22(20,21)14-8-6-13(7-9-14)12-17-15(16)19-10-4-3-5-11-19/h6-9,18H,2-5,10-12H2,1H3,(H2,16,17). The van der Waals surface area contributed by atoms with Gasteiger partial charge in [0, 0.05) is 19.6 Å². The molecule has 1 saturated heterocycles. The molecule has 0 aromatic heterocycles. The normalized spacial score (nSPS) is 16.8. The molecule has 0 radical (unpaired) electrons. The van der Waals surface area contributed by atoms with Gasteiger partial charge in [0.15, 0.2) is 5.96 Å². The maximum Gasteiger partial charge on any atom is 0.240 e. The van der Waals surface area contributed by atoms with E-state index in [1.165, 1.54) is 6.42 Å². The van der Waals surface area contributed by atoms with Crippen molar-refractivity contribution in [2.24, 2.45) is 10.7 Å². The number of nitrogens with one attached hydrogen (secondary N) is 1. The topological polar surface area (TPSA) is 87.8 Å². The zero-order valence-electron chi connectivity index (χ0n) is 13.0. The van der Waals surface area contributed by atoms with Gasteiger partial charge in [-0.15, -0.1) is 0 Å². The molecule has 0 amide bonds. The van der Waals surface area contributed by atoms with Crippen LogP contribution in [0.25, 0.3) is 0 Å². The highest BCUT2D eigenvalue weighted by molar-refractivity contribution is 7.89. The molecule has 1 aliphatic rings. The van der Waals surface area contributed by atoms with Crippen LogP contribution in [0.2, 0.25) is 0 Å². The largest absolute Gasteiger partial charge is 0.370 e. The molecule has 0 unspecified atom stereocenters. The van der Waals surface area contributed by atoms with E-state index in [0.29, 0.717) is 19.0 Å². The van der Waals surface area contributed by atoms with E-state index in [1.807, 2.05) is 0 Å². The number of rotatable bonds is 5. The molecule has 6 nitrogen and oxygen atoms in total. The minimum absolute atomic E-state index is 0.270. The van der Waals surface area contributed by atoms with Crippen LogP contribution in [0.1, 0.15) is 31.7 Å². The summed E-state index contributed by atoms with van der Waals surface area (Å²) in [6.45, 7) is 4.53. The second-order valence-electron chi connectivity index (χ2n) is 5.37. The van der Waals surface area contributed by atoms with Crippen LogP contribution in [0.15, 0.2) is 34.2 Å². The Bertz CT molecular complexity index is 605. The van der Waals surface area contributed by atoms with Gasteiger partial charge in [-0.3, -0.25) is 0 Å². The molecule has 0 atom stereocenters. The minimum atomic E-state index is -3.39. The van der Waals surface area contributed by atoms with Crippen molar-refractivity contribution in [2.45, 2.75) is 37.6 Å². The van der Waals surface area contributed by atoms with Crippen molar-refractivity contribution < 1.29 is 8.42 Å². The molecule has 1 aromatic carbocycles. The maximum absolute atomic E-state index is 11.9. The summed E-state index contributed by atoms with van der Waals surface area (Å²) in [5, 5.41) is 0. The van der Waals surface area contributed by atoms with Crippen LogP contribution in [0.4, 0.5) is 0 Å². The van der Waals surface area contributed by atoms with Gasteiger partial charge in [0.2, 0.25) is 10.0 Å². The lowest BCUT2D eigenvalue weighted by molar-refractivity contribution is 0.338. The molecule has 7 heteroatoms. The lowest BCUT2D eigenvalue weighted by Gasteiger charge is -2.27. The second-order valence-corrected chi connectivity index (χ2v) is 7.13. The van der Waals surface area contributed by atoms with Gasteiger partial charge in [-0.25, -0.2) is 18.1 Å². The quantitative estimate of drug-likeness (QED) is 0.631. The molecular weight excluding hydrogens is 300 g/mol. The Morgan fingerprint density at radius 3 is 2.45 bits per heavy atom. The molecule has 0 saturated carbocycles. The molecule has 122 valence electrons. The van der Waals surface area contributed by atoms with Crippen molar-refractivity contribution in [3.05, 3.63) is 29.8 Å². The first-order valence-electron chi connectivity index (χ1n) is 7.66. The fraction of sp³-hybridized carbons (Fsp3) is 0.533. The number of nitrogens with zero attached hydrogens (tertiary/aromatic N) is 2. The highest BCUT2D eigenvalue weighted by Crippen LogP contribution is 2.12. The molecule has 0 aliphatic carbocycles. The Balaban J connectivity index is 1.99. The summed E-state index contributed by atoms with van der Waals surface area (Å²) >= 11 is 0. The van der Waals surface area contributed by atoms with Crippen LogP contribution >= 0.6 is 0 Å². The fourth-order valence-corrected chi connectivity index (χ4v) is 3.48. The number of hydrogen-bond donors (Lipinski definition) is 2.